The molecule has 0 unspecified atom stereocenters. The van der Waals surface area contributed by atoms with Gasteiger partial charge in [-0.3, -0.25) is 0 Å². The van der Waals surface area contributed by atoms with E-state index in [1.54, 1.807) is 20.8 Å². The predicted molar refractivity (Wildman–Crippen MR) is 46.2 cm³/mol. The Bertz CT molecular complexity index is 289. The Hall–Kier alpha value is -1.59. The summed E-state index contributed by atoms with van der Waals surface area (Å²) in [6.45, 7) is 5.50. The maximum atomic E-state index is 11.1. The van der Waals surface area contributed by atoms with Gasteiger partial charge in [-0.15, -0.1) is 10.2 Å². The molecule has 6 nitrogen and oxygen atoms in total. The summed E-state index contributed by atoms with van der Waals surface area (Å²) >= 11 is 0. The first-order chi connectivity index (χ1) is 6.47. The number of hydrogen-bond acceptors (Lipinski definition) is 5. The summed E-state index contributed by atoms with van der Waals surface area (Å²) < 4.78 is 9.68. The first-order valence-electron chi connectivity index (χ1n) is 4.12. The molecule has 0 aromatic carbocycles. The minimum Gasteiger partial charge on any atom is -0.444 e. The molecular formula is C8H12N3O3. The largest absolute Gasteiger partial charge is 0.444 e. The van der Waals surface area contributed by atoms with E-state index in [4.69, 9.17) is 9.15 Å². The molecule has 0 saturated carbocycles. The second-order valence-corrected chi connectivity index (χ2v) is 3.64. The third-order valence-electron chi connectivity index (χ3n) is 1.15. The number of aromatic nitrogens is 2. The normalized spacial score (nSPS) is 11.1. The average Bonchev–Trinajstić information content (AvgIpc) is 2.49. The van der Waals surface area contributed by atoms with Crippen molar-refractivity contribution in [1.82, 2.24) is 15.5 Å². The first kappa shape index (κ1) is 10.5. The lowest BCUT2D eigenvalue weighted by molar-refractivity contribution is 0.0519. The van der Waals surface area contributed by atoms with Crippen molar-refractivity contribution in [3.63, 3.8) is 0 Å². The number of ether oxygens (including phenoxy) is 1. The van der Waals surface area contributed by atoms with Gasteiger partial charge in [0, 0.05) is 0 Å². The lowest BCUT2D eigenvalue weighted by atomic mass is 10.2. The maximum Gasteiger partial charge on any atom is 0.408 e. The van der Waals surface area contributed by atoms with Gasteiger partial charge in [0.1, 0.15) is 5.60 Å². The molecule has 0 aliphatic heterocycles. The monoisotopic (exact) mass is 198 g/mol. The van der Waals surface area contributed by atoms with Crippen molar-refractivity contribution in [2.24, 2.45) is 0 Å². The molecule has 1 N–H and O–H groups in total. The van der Waals surface area contributed by atoms with Gasteiger partial charge >= 0.3 is 12.5 Å². The molecule has 0 atom stereocenters. The topological polar surface area (TPSA) is 77.2 Å². The third-order valence-corrected chi connectivity index (χ3v) is 1.15. The summed E-state index contributed by atoms with van der Waals surface area (Å²) in [5.74, 6) is 0.288. The minimum absolute atomic E-state index is 0.144. The van der Waals surface area contributed by atoms with Crippen LogP contribution in [0.3, 0.4) is 0 Å². The van der Waals surface area contributed by atoms with Crippen molar-refractivity contribution < 1.29 is 13.9 Å². The van der Waals surface area contributed by atoms with Crippen molar-refractivity contribution >= 4 is 6.09 Å². The minimum atomic E-state index is -0.518. The quantitative estimate of drug-likeness (QED) is 0.763. The van der Waals surface area contributed by atoms with Crippen molar-refractivity contribution in [2.75, 3.05) is 0 Å². The highest BCUT2D eigenvalue weighted by Crippen LogP contribution is 2.06. The average molecular weight is 198 g/mol. The van der Waals surface area contributed by atoms with Crippen LogP contribution >= 0.6 is 0 Å². The van der Waals surface area contributed by atoms with Crippen molar-refractivity contribution in [3.8, 4) is 0 Å². The van der Waals surface area contributed by atoms with Gasteiger partial charge in [-0.05, 0) is 20.8 Å². The summed E-state index contributed by atoms with van der Waals surface area (Å²) in [4.78, 5) is 11.1. The van der Waals surface area contributed by atoms with E-state index in [0.29, 0.717) is 0 Å². The van der Waals surface area contributed by atoms with Crippen molar-refractivity contribution in [2.45, 2.75) is 32.9 Å². The third kappa shape index (κ3) is 3.88. The zero-order valence-corrected chi connectivity index (χ0v) is 8.33. The van der Waals surface area contributed by atoms with E-state index in [1.165, 1.54) is 0 Å². The fourth-order valence-corrected chi connectivity index (χ4v) is 0.703. The van der Waals surface area contributed by atoms with E-state index in [1.807, 2.05) is 0 Å². The van der Waals surface area contributed by atoms with Crippen molar-refractivity contribution in [3.05, 3.63) is 12.3 Å². The Morgan fingerprint density at radius 2 is 2.36 bits per heavy atom. The molecule has 1 aromatic heterocycles. The lowest BCUT2D eigenvalue weighted by Gasteiger charge is -2.19. The van der Waals surface area contributed by atoms with E-state index < -0.39 is 11.7 Å². The van der Waals surface area contributed by atoms with Crippen LogP contribution in [-0.4, -0.2) is 21.9 Å². The molecule has 0 aliphatic carbocycles. The van der Waals surface area contributed by atoms with E-state index in [0.717, 1.165) is 0 Å². The van der Waals surface area contributed by atoms with Gasteiger partial charge in [-0.25, -0.2) is 4.79 Å². The fourth-order valence-electron chi connectivity index (χ4n) is 0.703. The molecule has 6 heteroatoms. The molecule has 1 heterocycles. The van der Waals surface area contributed by atoms with Crippen LogP contribution in [0.25, 0.3) is 0 Å². The number of nitrogens with zero attached hydrogens (tertiary/aromatic N) is 2. The van der Waals surface area contributed by atoms with Gasteiger partial charge in [0.15, 0.2) is 0 Å². The highest BCUT2D eigenvalue weighted by Gasteiger charge is 2.16. The van der Waals surface area contributed by atoms with E-state index in [-0.39, 0.29) is 12.4 Å². The predicted octanol–water partition coefficient (Wildman–Crippen LogP) is 0.894. The molecule has 0 bridgehead atoms. The molecule has 1 radical (unpaired) electrons. The Morgan fingerprint density at radius 1 is 1.64 bits per heavy atom. The highest BCUT2D eigenvalue weighted by atomic mass is 16.6. The van der Waals surface area contributed by atoms with Crippen LogP contribution in [0.2, 0.25) is 0 Å². The van der Waals surface area contributed by atoms with Crippen LogP contribution in [0, 0.1) is 6.39 Å². The van der Waals surface area contributed by atoms with Gasteiger partial charge in [0.05, 0.1) is 6.54 Å². The van der Waals surface area contributed by atoms with Gasteiger partial charge < -0.3 is 14.5 Å². The lowest BCUT2D eigenvalue weighted by Crippen LogP contribution is -2.32. The van der Waals surface area contributed by atoms with Crippen LogP contribution < -0.4 is 5.32 Å². The highest BCUT2D eigenvalue weighted by molar-refractivity contribution is 5.67. The number of amides is 1. The Morgan fingerprint density at radius 3 is 2.86 bits per heavy atom. The fraction of sp³-hybridized carbons (Fsp3) is 0.625. The molecule has 77 valence electrons. The second-order valence-electron chi connectivity index (χ2n) is 3.64. The van der Waals surface area contributed by atoms with E-state index in [2.05, 4.69) is 21.9 Å². The molecule has 1 amide bonds. The van der Waals surface area contributed by atoms with E-state index in [9.17, 15) is 4.79 Å². The summed E-state index contributed by atoms with van der Waals surface area (Å²) in [7, 11) is 0. The van der Waals surface area contributed by atoms with Crippen LogP contribution in [0.1, 0.15) is 26.7 Å². The molecule has 0 spiro atoms. The zero-order valence-electron chi connectivity index (χ0n) is 8.33. The first-order valence-corrected chi connectivity index (χ1v) is 4.12. The standard InChI is InChI=1S/C8H12N3O3/c1-8(2,3)14-7(12)9-4-6-11-10-5-13-6/h4H2,1-3H3,(H,9,12). The van der Waals surface area contributed by atoms with Crippen LogP contribution in [0.15, 0.2) is 4.42 Å². The maximum absolute atomic E-state index is 11.1. The molecule has 1 rings (SSSR count). The number of hydrogen-bond donors (Lipinski definition) is 1. The molecule has 1 aromatic rings. The van der Waals surface area contributed by atoms with Gasteiger partial charge in [0.25, 0.3) is 0 Å². The number of carbonyl (C=O) groups is 1. The Kier molecular flexibility index (Phi) is 3.06. The Balaban J connectivity index is 2.29. The molecule has 0 fully saturated rings. The molecule has 0 saturated heterocycles. The summed E-state index contributed by atoms with van der Waals surface area (Å²) in [5, 5.41) is 9.35. The summed E-state index contributed by atoms with van der Waals surface area (Å²) in [5.41, 5.74) is -0.509. The number of rotatable bonds is 2. The number of carbonyl (C=O) groups excluding carboxylic acids is 1. The van der Waals surface area contributed by atoms with E-state index >= 15 is 0 Å². The molecule has 0 aliphatic rings. The zero-order chi connectivity index (χ0) is 10.6. The van der Waals surface area contributed by atoms with Gasteiger partial charge in [0.2, 0.25) is 5.89 Å². The SMILES string of the molecule is CC(C)(C)OC(=O)NCc1nn[c]o1. The second kappa shape index (κ2) is 4.08. The van der Waals surface area contributed by atoms with Crippen LogP contribution in [0.4, 0.5) is 4.79 Å². The van der Waals surface area contributed by atoms with Gasteiger partial charge in [-0.2, -0.15) is 0 Å². The smallest absolute Gasteiger partial charge is 0.408 e. The van der Waals surface area contributed by atoms with Crippen LogP contribution in [0.5, 0.6) is 0 Å². The Labute approximate surface area is 81.6 Å². The summed E-state index contributed by atoms with van der Waals surface area (Å²) in [6.07, 6.45) is 1.66. The number of nitrogens with one attached hydrogen (secondary N) is 1. The molecule has 14 heavy (non-hydrogen) atoms. The summed E-state index contributed by atoms with van der Waals surface area (Å²) in [6, 6.07) is 0. The van der Waals surface area contributed by atoms with Gasteiger partial charge in [-0.1, -0.05) is 0 Å². The van der Waals surface area contributed by atoms with Crippen LogP contribution in [-0.2, 0) is 11.3 Å². The molecular weight excluding hydrogens is 186 g/mol. The number of alkyl carbamates (subject to hydrolysis) is 1. The van der Waals surface area contributed by atoms with Crippen molar-refractivity contribution in [1.29, 1.82) is 0 Å².